The molecule has 3 aromatic carbocycles. The van der Waals surface area contributed by atoms with Crippen molar-refractivity contribution in [3.05, 3.63) is 77.4 Å². The summed E-state index contributed by atoms with van der Waals surface area (Å²) in [6.45, 7) is 13.1. The van der Waals surface area contributed by atoms with E-state index in [0.29, 0.717) is 5.92 Å². The molecule has 1 atom stereocenters. The number of hydrogen-bond acceptors (Lipinski definition) is 1. The zero-order valence-electron chi connectivity index (χ0n) is 19.4. The smallest absolute Gasteiger partial charge is 0.0658 e. The SMILES string of the molecule is C/C=C(\N=C(C)[C@@H](C)CCCC)c1ccc2cc(-c3ccc(C)c(C)c3)ccc2c1. The van der Waals surface area contributed by atoms with Crippen molar-refractivity contribution in [3.63, 3.8) is 0 Å². The summed E-state index contributed by atoms with van der Waals surface area (Å²) >= 11 is 0. The van der Waals surface area contributed by atoms with Gasteiger partial charge in [0.25, 0.3) is 0 Å². The first-order chi connectivity index (χ1) is 14.4. The fourth-order valence-electron chi connectivity index (χ4n) is 3.82. The monoisotopic (exact) mass is 397 g/mol. The molecule has 30 heavy (non-hydrogen) atoms. The molecule has 0 aliphatic carbocycles. The average molecular weight is 398 g/mol. The molecule has 0 aromatic heterocycles. The van der Waals surface area contributed by atoms with Gasteiger partial charge in [0.05, 0.1) is 5.70 Å². The van der Waals surface area contributed by atoms with Crippen molar-refractivity contribution >= 4 is 22.2 Å². The molecule has 0 fully saturated rings. The van der Waals surface area contributed by atoms with Gasteiger partial charge in [0.2, 0.25) is 0 Å². The first-order valence-corrected chi connectivity index (χ1v) is 11.3. The topological polar surface area (TPSA) is 12.4 Å². The molecule has 0 saturated carbocycles. The zero-order valence-corrected chi connectivity index (χ0v) is 19.4. The highest BCUT2D eigenvalue weighted by Gasteiger charge is 2.08. The van der Waals surface area contributed by atoms with Gasteiger partial charge in [-0.05, 0) is 85.2 Å². The van der Waals surface area contributed by atoms with Crippen LogP contribution in [0.1, 0.15) is 63.6 Å². The van der Waals surface area contributed by atoms with Crippen molar-refractivity contribution in [2.75, 3.05) is 0 Å². The molecule has 0 bridgehead atoms. The lowest BCUT2D eigenvalue weighted by molar-refractivity contribution is 0.623. The lowest BCUT2D eigenvalue weighted by Gasteiger charge is -2.13. The minimum Gasteiger partial charge on any atom is -0.258 e. The number of benzene rings is 3. The average Bonchev–Trinajstić information content (AvgIpc) is 2.76. The van der Waals surface area contributed by atoms with Crippen molar-refractivity contribution in [1.29, 1.82) is 0 Å². The standard InChI is InChI=1S/C29H35N/c1-7-9-10-21(4)23(6)30-29(8-2)28-16-15-26-18-25(13-14-27(26)19-28)24-12-11-20(3)22(5)17-24/h8,11-19,21H,7,9-10H2,1-6H3/b29-8-,30-23?/t21-/m0/s1. The van der Waals surface area contributed by atoms with Crippen LogP contribution in [0.15, 0.2) is 65.7 Å². The summed E-state index contributed by atoms with van der Waals surface area (Å²) in [4.78, 5) is 4.99. The Hall–Kier alpha value is -2.67. The van der Waals surface area contributed by atoms with Crippen molar-refractivity contribution in [2.24, 2.45) is 10.9 Å². The molecule has 0 N–H and O–H groups in total. The Morgan fingerprint density at radius 1 is 0.900 bits per heavy atom. The number of unbranched alkanes of at least 4 members (excludes halogenated alkanes) is 1. The molecule has 0 amide bonds. The summed E-state index contributed by atoms with van der Waals surface area (Å²) in [7, 11) is 0. The van der Waals surface area contributed by atoms with E-state index in [9.17, 15) is 0 Å². The van der Waals surface area contributed by atoms with Crippen LogP contribution in [0.25, 0.3) is 27.6 Å². The Bertz CT molecular complexity index is 1080. The van der Waals surface area contributed by atoms with E-state index in [4.69, 9.17) is 4.99 Å². The summed E-state index contributed by atoms with van der Waals surface area (Å²) < 4.78 is 0. The van der Waals surface area contributed by atoms with Gasteiger partial charge < -0.3 is 0 Å². The van der Waals surface area contributed by atoms with Gasteiger partial charge in [-0.3, -0.25) is 4.99 Å². The van der Waals surface area contributed by atoms with Crippen molar-refractivity contribution in [3.8, 4) is 11.1 Å². The van der Waals surface area contributed by atoms with Gasteiger partial charge in [-0.25, -0.2) is 0 Å². The quantitative estimate of drug-likeness (QED) is 0.353. The largest absolute Gasteiger partial charge is 0.258 e. The van der Waals surface area contributed by atoms with E-state index in [-0.39, 0.29) is 0 Å². The first-order valence-electron chi connectivity index (χ1n) is 11.3. The van der Waals surface area contributed by atoms with Gasteiger partial charge in [-0.1, -0.05) is 75.2 Å². The van der Waals surface area contributed by atoms with E-state index in [1.807, 2.05) is 0 Å². The van der Waals surface area contributed by atoms with Gasteiger partial charge in [0.1, 0.15) is 0 Å². The molecular weight excluding hydrogens is 362 g/mol. The summed E-state index contributed by atoms with van der Waals surface area (Å²) in [5, 5.41) is 2.52. The van der Waals surface area contributed by atoms with Crippen LogP contribution in [-0.4, -0.2) is 5.71 Å². The highest BCUT2D eigenvalue weighted by Crippen LogP contribution is 2.29. The van der Waals surface area contributed by atoms with E-state index < -0.39 is 0 Å². The van der Waals surface area contributed by atoms with E-state index >= 15 is 0 Å². The van der Waals surface area contributed by atoms with Gasteiger partial charge in [0, 0.05) is 11.3 Å². The fourth-order valence-corrected chi connectivity index (χ4v) is 3.82. The van der Waals surface area contributed by atoms with Crippen LogP contribution in [0.3, 0.4) is 0 Å². The normalized spacial score (nSPS) is 13.7. The molecule has 0 spiro atoms. The second-order valence-electron chi connectivity index (χ2n) is 8.55. The highest BCUT2D eigenvalue weighted by molar-refractivity contribution is 5.93. The maximum atomic E-state index is 4.99. The van der Waals surface area contributed by atoms with Gasteiger partial charge in [0.15, 0.2) is 0 Å². The molecule has 3 aromatic rings. The number of nitrogens with zero attached hydrogens (tertiary/aromatic N) is 1. The third-order valence-electron chi connectivity index (χ3n) is 6.25. The van der Waals surface area contributed by atoms with Crippen LogP contribution in [0.5, 0.6) is 0 Å². The van der Waals surface area contributed by atoms with Crippen LogP contribution >= 0.6 is 0 Å². The van der Waals surface area contributed by atoms with Crippen molar-refractivity contribution in [1.82, 2.24) is 0 Å². The van der Waals surface area contributed by atoms with Crippen LogP contribution in [-0.2, 0) is 0 Å². The van der Waals surface area contributed by atoms with E-state index in [1.165, 1.54) is 63.6 Å². The molecule has 0 aliphatic rings. The molecule has 0 saturated heterocycles. The van der Waals surface area contributed by atoms with E-state index in [2.05, 4.69) is 102 Å². The Labute approximate surface area is 182 Å². The van der Waals surface area contributed by atoms with E-state index in [1.54, 1.807) is 0 Å². The maximum absolute atomic E-state index is 4.99. The van der Waals surface area contributed by atoms with Gasteiger partial charge in [-0.15, -0.1) is 0 Å². The molecule has 0 heterocycles. The van der Waals surface area contributed by atoms with Crippen molar-refractivity contribution < 1.29 is 0 Å². The first kappa shape index (κ1) is 22.0. The Morgan fingerprint density at radius 2 is 1.57 bits per heavy atom. The second kappa shape index (κ2) is 9.89. The summed E-state index contributed by atoms with van der Waals surface area (Å²) in [6.07, 6.45) is 5.84. The molecule has 1 nitrogen and oxygen atoms in total. The summed E-state index contributed by atoms with van der Waals surface area (Å²) in [6, 6.07) is 20.1. The Morgan fingerprint density at radius 3 is 2.27 bits per heavy atom. The van der Waals surface area contributed by atoms with Gasteiger partial charge >= 0.3 is 0 Å². The molecule has 3 rings (SSSR count). The molecule has 0 unspecified atom stereocenters. The Kier molecular flexibility index (Phi) is 7.26. The summed E-state index contributed by atoms with van der Waals surface area (Å²) in [5.74, 6) is 0.529. The Balaban J connectivity index is 1.90. The number of aliphatic imine (C=N–C) groups is 1. The van der Waals surface area contributed by atoms with Crippen LogP contribution in [0, 0.1) is 19.8 Å². The molecular formula is C29H35N. The number of fused-ring (bicyclic) bond motifs is 1. The minimum absolute atomic E-state index is 0.529. The second-order valence-corrected chi connectivity index (χ2v) is 8.55. The third kappa shape index (κ3) is 5.08. The maximum Gasteiger partial charge on any atom is 0.0658 e. The number of aryl methyl sites for hydroxylation is 2. The third-order valence-corrected chi connectivity index (χ3v) is 6.25. The van der Waals surface area contributed by atoms with Crippen molar-refractivity contribution in [2.45, 2.75) is 60.8 Å². The molecule has 0 aliphatic heterocycles. The molecule has 1 heteroatoms. The van der Waals surface area contributed by atoms with Gasteiger partial charge in [-0.2, -0.15) is 0 Å². The minimum atomic E-state index is 0.529. The summed E-state index contributed by atoms with van der Waals surface area (Å²) in [5.41, 5.74) is 8.69. The molecule has 0 radical (unpaired) electrons. The fraction of sp³-hybridized carbons (Fsp3) is 0.345. The number of allylic oxidation sites excluding steroid dienone is 1. The predicted molar refractivity (Wildman–Crippen MR) is 134 cm³/mol. The van der Waals surface area contributed by atoms with Crippen LogP contribution in [0.4, 0.5) is 0 Å². The van der Waals surface area contributed by atoms with Crippen LogP contribution in [0.2, 0.25) is 0 Å². The predicted octanol–water partition coefficient (Wildman–Crippen LogP) is 8.77. The van der Waals surface area contributed by atoms with Crippen LogP contribution < -0.4 is 0 Å². The number of rotatable bonds is 7. The number of hydrogen-bond donors (Lipinski definition) is 0. The van der Waals surface area contributed by atoms with E-state index in [0.717, 1.165) is 5.70 Å². The lowest BCUT2D eigenvalue weighted by atomic mass is 9.97. The molecule has 156 valence electrons. The highest BCUT2D eigenvalue weighted by atomic mass is 14.8. The zero-order chi connectivity index (χ0) is 21.7. The lowest BCUT2D eigenvalue weighted by Crippen LogP contribution is -2.07.